The highest BCUT2D eigenvalue weighted by molar-refractivity contribution is 5.81. The molecular weight excluding hydrogens is 250 g/mol. The van der Waals surface area contributed by atoms with Crippen LogP contribution in [0, 0.1) is 5.41 Å². The summed E-state index contributed by atoms with van der Waals surface area (Å²) in [6, 6.07) is 0.0489. The molecule has 2 rings (SSSR count). The van der Waals surface area contributed by atoms with Crippen LogP contribution >= 0.6 is 0 Å². The van der Waals surface area contributed by atoms with Gasteiger partial charge in [-0.3, -0.25) is 9.69 Å². The summed E-state index contributed by atoms with van der Waals surface area (Å²) in [5.41, 5.74) is 0.495. The van der Waals surface area contributed by atoms with Gasteiger partial charge in [0.05, 0.1) is 6.04 Å². The van der Waals surface area contributed by atoms with E-state index in [1.165, 1.54) is 25.7 Å². The minimum Gasteiger partial charge on any atom is -0.341 e. The molecule has 2 aliphatic heterocycles. The van der Waals surface area contributed by atoms with Gasteiger partial charge in [-0.15, -0.1) is 0 Å². The summed E-state index contributed by atoms with van der Waals surface area (Å²) in [4.78, 5) is 17.1. The molecule has 1 N–H and O–H groups in total. The summed E-state index contributed by atoms with van der Waals surface area (Å²) in [7, 11) is 0. The van der Waals surface area contributed by atoms with Gasteiger partial charge in [0.15, 0.2) is 0 Å². The second-order valence-corrected chi connectivity index (χ2v) is 6.49. The van der Waals surface area contributed by atoms with Crippen LogP contribution in [0.2, 0.25) is 0 Å². The van der Waals surface area contributed by atoms with E-state index in [9.17, 15) is 4.79 Å². The monoisotopic (exact) mass is 281 g/mol. The molecule has 20 heavy (non-hydrogen) atoms. The van der Waals surface area contributed by atoms with Crippen molar-refractivity contribution in [3.05, 3.63) is 0 Å². The van der Waals surface area contributed by atoms with Crippen molar-refractivity contribution in [2.24, 2.45) is 5.41 Å². The van der Waals surface area contributed by atoms with Crippen LogP contribution in [0.4, 0.5) is 0 Å². The van der Waals surface area contributed by atoms with E-state index >= 15 is 0 Å². The fourth-order valence-corrected chi connectivity index (χ4v) is 3.65. The molecule has 2 heterocycles. The zero-order valence-electron chi connectivity index (χ0n) is 13.5. The Bertz CT molecular complexity index is 312. The maximum atomic E-state index is 12.6. The zero-order valence-corrected chi connectivity index (χ0v) is 13.5. The Labute approximate surface area is 123 Å². The van der Waals surface area contributed by atoms with E-state index in [0.29, 0.717) is 11.3 Å². The number of amides is 1. The molecule has 116 valence electrons. The fourth-order valence-electron chi connectivity index (χ4n) is 3.65. The molecule has 0 saturated carbocycles. The molecule has 0 bridgehead atoms. The molecule has 1 unspecified atom stereocenters. The molecule has 4 heteroatoms. The van der Waals surface area contributed by atoms with Gasteiger partial charge < -0.3 is 10.2 Å². The molecule has 2 saturated heterocycles. The first-order valence-corrected chi connectivity index (χ1v) is 8.35. The van der Waals surface area contributed by atoms with Crippen molar-refractivity contribution < 1.29 is 4.79 Å². The van der Waals surface area contributed by atoms with Gasteiger partial charge in [0, 0.05) is 39.3 Å². The Morgan fingerprint density at radius 1 is 1.10 bits per heavy atom. The second-order valence-electron chi connectivity index (χ2n) is 6.49. The molecule has 4 nitrogen and oxygen atoms in total. The van der Waals surface area contributed by atoms with Gasteiger partial charge in [0.25, 0.3) is 0 Å². The van der Waals surface area contributed by atoms with Gasteiger partial charge in [-0.05, 0) is 25.2 Å². The van der Waals surface area contributed by atoms with Crippen LogP contribution in [0.3, 0.4) is 0 Å². The number of hydrogen-bond donors (Lipinski definition) is 1. The minimum absolute atomic E-state index is 0.0489. The third-order valence-electron chi connectivity index (χ3n) is 5.69. The summed E-state index contributed by atoms with van der Waals surface area (Å²) in [6.45, 7) is 12.6. The number of rotatable bonds is 4. The summed E-state index contributed by atoms with van der Waals surface area (Å²) < 4.78 is 0. The van der Waals surface area contributed by atoms with Crippen LogP contribution in [0.5, 0.6) is 0 Å². The Balaban J connectivity index is 1.87. The van der Waals surface area contributed by atoms with E-state index in [4.69, 9.17) is 0 Å². The standard InChI is InChI=1S/C16H31N3O/c1-4-16(5-2)6-10-19(11-7-16)15(20)14(3)18-12-8-17-9-13-18/h14,17H,4-13H2,1-3H3. The lowest BCUT2D eigenvalue weighted by molar-refractivity contribution is -0.139. The van der Waals surface area contributed by atoms with Crippen molar-refractivity contribution in [1.29, 1.82) is 0 Å². The molecule has 0 aromatic carbocycles. The lowest BCUT2D eigenvalue weighted by Gasteiger charge is -2.43. The quantitative estimate of drug-likeness (QED) is 0.852. The number of piperazine rings is 1. The van der Waals surface area contributed by atoms with E-state index in [0.717, 1.165) is 39.3 Å². The average molecular weight is 281 g/mol. The lowest BCUT2D eigenvalue weighted by atomic mass is 9.74. The van der Waals surface area contributed by atoms with Crippen LogP contribution in [0.15, 0.2) is 0 Å². The predicted molar refractivity (Wildman–Crippen MR) is 82.7 cm³/mol. The van der Waals surface area contributed by atoms with E-state index in [1.54, 1.807) is 0 Å². The molecule has 2 fully saturated rings. The second kappa shape index (κ2) is 6.90. The summed E-state index contributed by atoms with van der Waals surface area (Å²) in [6.07, 6.45) is 4.86. The van der Waals surface area contributed by atoms with Crippen LogP contribution in [0.1, 0.15) is 46.5 Å². The number of nitrogens with one attached hydrogen (secondary N) is 1. The summed E-state index contributed by atoms with van der Waals surface area (Å²) in [5.74, 6) is 0.340. The molecule has 0 spiro atoms. The summed E-state index contributed by atoms with van der Waals surface area (Å²) in [5, 5.41) is 3.35. The maximum absolute atomic E-state index is 12.6. The van der Waals surface area contributed by atoms with E-state index in [-0.39, 0.29) is 6.04 Å². The van der Waals surface area contributed by atoms with Crippen molar-refractivity contribution in [1.82, 2.24) is 15.1 Å². The summed E-state index contributed by atoms with van der Waals surface area (Å²) >= 11 is 0. The van der Waals surface area contributed by atoms with Crippen molar-refractivity contribution in [2.75, 3.05) is 39.3 Å². The number of carbonyl (C=O) groups excluding carboxylic acids is 1. The van der Waals surface area contributed by atoms with E-state index in [2.05, 4.69) is 35.9 Å². The van der Waals surface area contributed by atoms with Gasteiger partial charge in [-0.1, -0.05) is 26.7 Å². The van der Waals surface area contributed by atoms with Crippen LogP contribution in [-0.2, 0) is 4.79 Å². The molecule has 1 amide bonds. The number of nitrogens with zero attached hydrogens (tertiary/aromatic N) is 2. The number of carbonyl (C=O) groups is 1. The molecule has 1 atom stereocenters. The van der Waals surface area contributed by atoms with Gasteiger partial charge >= 0.3 is 0 Å². The van der Waals surface area contributed by atoms with Crippen LogP contribution < -0.4 is 5.32 Å². The predicted octanol–water partition coefficient (Wildman–Crippen LogP) is 1.71. The number of piperidine rings is 1. The van der Waals surface area contributed by atoms with Crippen molar-refractivity contribution in [3.8, 4) is 0 Å². The maximum Gasteiger partial charge on any atom is 0.239 e. The van der Waals surface area contributed by atoms with Crippen molar-refractivity contribution >= 4 is 5.91 Å². The highest BCUT2D eigenvalue weighted by Gasteiger charge is 2.35. The number of likely N-dealkylation sites (tertiary alicyclic amines) is 1. The third kappa shape index (κ3) is 3.34. The molecule has 0 aliphatic carbocycles. The molecule has 2 aliphatic rings. The largest absolute Gasteiger partial charge is 0.341 e. The zero-order chi connectivity index (χ0) is 14.6. The Morgan fingerprint density at radius 2 is 1.65 bits per heavy atom. The van der Waals surface area contributed by atoms with Crippen LogP contribution in [-0.4, -0.2) is 61.0 Å². The average Bonchev–Trinajstić information content (AvgIpc) is 2.54. The smallest absolute Gasteiger partial charge is 0.239 e. The Kier molecular flexibility index (Phi) is 5.44. The SMILES string of the molecule is CCC1(CC)CCN(C(=O)C(C)N2CCNCC2)CC1. The van der Waals surface area contributed by atoms with Crippen molar-refractivity contribution in [3.63, 3.8) is 0 Å². The first-order valence-electron chi connectivity index (χ1n) is 8.35. The molecule has 0 aromatic heterocycles. The lowest BCUT2D eigenvalue weighted by Crippen LogP contribution is -2.55. The highest BCUT2D eigenvalue weighted by Crippen LogP contribution is 2.38. The van der Waals surface area contributed by atoms with E-state index in [1.807, 2.05) is 0 Å². The van der Waals surface area contributed by atoms with Gasteiger partial charge in [0.1, 0.15) is 0 Å². The van der Waals surface area contributed by atoms with E-state index < -0.39 is 0 Å². The van der Waals surface area contributed by atoms with Gasteiger partial charge in [0.2, 0.25) is 5.91 Å². The van der Waals surface area contributed by atoms with Gasteiger partial charge in [-0.25, -0.2) is 0 Å². The molecule has 0 aromatic rings. The molecule has 0 radical (unpaired) electrons. The van der Waals surface area contributed by atoms with Crippen molar-refractivity contribution in [2.45, 2.75) is 52.5 Å². The first-order chi connectivity index (χ1) is 9.62. The Morgan fingerprint density at radius 3 is 2.15 bits per heavy atom. The number of hydrogen-bond acceptors (Lipinski definition) is 3. The highest BCUT2D eigenvalue weighted by atomic mass is 16.2. The topological polar surface area (TPSA) is 35.6 Å². The minimum atomic E-state index is 0.0489. The van der Waals surface area contributed by atoms with Gasteiger partial charge in [-0.2, -0.15) is 0 Å². The normalized spacial score (nSPS) is 25.4. The van der Waals surface area contributed by atoms with Crippen LogP contribution in [0.25, 0.3) is 0 Å². The molecular formula is C16H31N3O. The fraction of sp³-hybridized carbons (Fsp3) is 0.938. The Hall–Kier alpha value is -0.610. The first kappa shape index (κ1) is 15.8. The third-order valence-corrected chi connectivity index (χ3v) is 5.69.